The molecule has 1 saturated heterocycles. The topological polar surface area (TPSA) is 92.5 Å². The lowest BCUT2D eigenvalue weighted by Gasteiger charge is -2.31. The second-order valence-corrected chi connectivity index (χ2v) is 8.07. The summed E-state index contributed by atoms with van der Waals surface area (Å²) in [6.07, 6.45) is 1.07. The van der Waals surface area contributed by atoms with E-state index in [-0.39, 0.29) is 30.3 Å². The molecule has 136 valence electrons. The molecule has 24 heavy (non-hydrogen) atoms. The lowest BCUT2D eigenvalue weighted by Crippen LogP contribution is -2.46. The van der Waals surface area contributed by atoms with Gasteiger partial charge in [0.1, 0.15) is 0 Å². The van der Waals surface area contributed by atoms with Crippen LogP contribution in [0.4, 0.5) is 0 Å². The zero-order chi connectivity index (χ0) is 17.0. The van der Waals surface area contributed by atoms with Gasteiger partial charge in [-0.25, -0.2) is 8.42 Å². The highest BCUT2D eigenvalue weighted by molar-refractivity contribution is 7.89. The molecular weight excluding hydrogens is 350 g/mol. The molecule has 0 unspecified atom stereocenters. The first-order chi connectivity index (χ1) is 10.8. The van der Waals surface area contributed by atoms with Crippen LogP contribution in [0.25, 0.3) is 0 Å². The number of amides is 1. The predicted molar refractivity (Wildman–Crippen MR) is 96.6 cm³/mol. The number of piperidine rings is 1. The van der Waals surface area contributed by atoms with Gasteiger partial charge in [-0.05, 0) is 38.8 Å². The third-order valence-electron chi connectivity index (χ3n) is 4.23. The number of aryl methyl sites for hydroxylation is 1. The van der Waals surface area contributed by atoms with Crippen molar-refractivity contribution in [3.8, 4) is 0 Å². The van der Waals surface area contributed by atoms with E-state index in [2.05, 4.69) is 5.32 Å². The molecule has 0 aromatic heterocycles. The van der Waals surface area contributed by atoms with Crippen LogP contribution in [0.15, 0.2) is 29.2 Å². The Bertz CT molecular complexity index is 641. The van der Waals surface area contributed by atoms with Crippen LogP contribution in [0, 0.1) is 12.8 Å². The molecule has 1 amide bonds. The Kier molecular flexibility index (Phi) is 7.66. The molecule has 8 heteroatoms. The van der Waals surface area contributed by atoms with E-state index in [9.17, 15) is 13.2 Å². The minimum absolute atomic E-state index is 0. The molecule has 1 aliphatic rings. The average molecular weight is 376 g/mol. The first-order valence-corrected chi connectivity index (χ1v) is 9.36. The van der Waals surface area contributed by atoms with Crippen molar-refractivity contribution in [3.05, 3.63) is 29.8 Å². The van der Waals surface area contributed by atoms with E-state index in [0.717, 1.165) is 5.56 Å². The van der Waals surface area contributed by atoms with Crippen molar-refractivity contribution in [2.45, 2.75) is 37.6 Å². The van der Waals surface area contributed by atoms with Crippen molar-refractivity contribution in [3.63, 3.8) is 0 Å². The van der Waals surface area contributed by atoms with Crippen LogP contribution < -0.4 is 11.1 Å². The highest BCUT2D eigenvalue weighted by Crippen LogP contribution is 2.24. The Morgan fingerprint density at radius 1 is 1.29 bits per heavy atom. The first-order valence-electron chi connectivity index (χ1n) is 7.92. The lowest BCUT2D eigenvalue weighted by atomic mass is 9.97. The summed E-state index contributed by atoms with van der Waals surface area (Å²) < 4.78 is 26.7. The number of nitrogens with two attached hydrogens (primary N) is 1. The molecule has 0 aliphatic carbocycles. The summed E-state index contributed by atoms with van der Waals surface area (Å²) in [6.45, 7) is 4.90. The monoisotopic (exact) mass is 375 g/mol. The van der Waals surface area contributed by atoms with Crippen LogP contribution >= 0.6 is 12.4 Å². The van der Waals surface area contributed by atoms with E-state index < -0.39 is 10.0 Å². The van der Waals surface area contributed by atoms with E-state index in [1.807, 2.05) is 13.8 Å². The summed E-state index contributed by atoms with van der Waals surface area (Å²) in [5.74, 6) is -0.177. The molecule has 1 aliphatic heterocycles. The summed E-state index contributed by atoms with van der Waals surface area (Å²) >= 11 is 0. The number of carbonyl (C=O) groups is 1. The lowest BCUT2D eigenvalue weighted by molar-refractivity contribution is -0.126. The SMILES string of the molecule is Cc1ccc(S(=O)(=O)N2CCC(C(=O)N[C@@H](C)CN)CC2)cc1.Cl. The zero-order valence-electron chi connectivity index (χ0n) is 14.1. The summed E-state index contributed by atoms with van der Waals surface area (Å²) in [6, 6.07) is 6.79. The normalized spacial score (nSPS) is 17.8. The molecule has 0 bridgehead atoms. The number of halogens is 1. The smallest absolute Gasteiger partial charge is 0.243 e. The molecule has 1 aromatic carbocycles. The van der Waals surface area contributed by atoms with Gasteiger partial charge in [0.2, 0.25) is 15.9 Å². The zero-order valence-corrected chi connectivity index (χ0v) is 15.7. The van der Waals surface area contributed by atoms with Crippen molar-refractivity contribution in [2.24, 2.45) is 11.7 Å². The summed E-state index contributed by atoms with van der Waals surface area (Å²) in [5, 5.41) is 2.86. The fourth-order valence-corrected chi connectivity index (χ4v) is 4.11. The highest BCUT2D eigenvalue weighted by Gasteiger charge is 2.32. The van der Waals surface area contributed by atoms with Gasteiger partial charge in [-0.2, -0.15) is 4.31 Å². The number of hydrogen-bond acceptors (Lipinski definition) is 4. The molecule has 1 aromatic rings. The third-order valence-corrected chi connectivity index (χ3v) is 6.14. The van der Waals surface area contributed by atoms with Crippen molar-refractivity contribution < 1.29 is 13.2 Å². The van der Waals surface area contributed by atoms with Gasteiger partial charge in [-0.1, -0.05) is 17.7 Å². The van der Waals surface area contributed by atoms with Gasteiger partial charge in [0.05, 0.1) is 4.90 Å². The molecule has 1 atom stereocenters. The maximum Gasteiger partial charge on any atom is 0.243 e. The number of sulfonamides is 1. The number of nitrogens with one attached hydrogen (secondary N) is 1. The molecule has 1 fully saturated rings. The minimum atomic E-state index is -3.47. The Labute approximate surface area is 150 Å². The Morgan fingerprint density at radius 3 is 2.33 bits per heavy atom. The number of hydrogen-bond donors (Lipinski definition) is 2. The summed E-state index contributed by atoms with van der Waals surface area (Å²) in [7, 11) is -3.47. The second-order valence-electron chi connectivity index (χ2n) is 6.14. The van der Waals surface area contributed by atoms with Gasteiger partial charge in [0, 0.05) is 31.6 Å². The van der Waals surface area contributed by atoms with Crippen LogP contribution in [0.5, 0.6) is 0 Å². The Hall–Kier alpha value is -1.15. The maximum absolute atomic E-state index is 12.6. The molecule has 3 N–H and O–H groups in total. The predicted octanol–water partition coefficient (Wildman–Crippen LogP) is 1.28. The largest absolute Gasteiger partial charge is 0.352 e. The fraction of sp³-hybridized carbons (Fsp3) is 0.562. The van der Waals surface area contributed by atoms with Crippen molar-refractivity contribution in [1.29, 1.82) is 0 Å². The molecule has 1 heterocycles. The number of benzene rings is 1. The van der Waals surface area contributed by atoms with E-state index >= 15 is 0 Å². The number of nitrogens with zero attached hydrogens (tertiary/aromatic N) is 1. The van der Waals surface area contributed by atoms with Gasteiger partial charge in [-0.15, -0.1) is 12.4 Å². The van der Waals surface area contributed by atoms with Gasteiger partial charge < -0.3 is 11.1 Å². The van der Waals surface area contributed by atoms with Crippen LogP contribution in [0.3, 0.4) is 0 Å². The van der Waals surface area contributed by atoms with Gasteiger partial charge in [0.15, 0.2) is 0 Å². The van der Waals surface area contributed by atoms with Crippen LogP contribution in [-0.4, -0.2) is 44.3 Å². The van der Waals surface area contributed by atoms with E-state index in [1.165, 1.54) is 4.31 Å². The highest BCUT2D eigenvalue weighted by atomic mass is 35.5. The van der Waals surface area contributed by atoms with Crippen LogP contribution in [-0.2, 0) is 14.8 Å². The maximum atomic E-state index is 12.6. The van der Waals surface area contributed by atoms with Crippen molar-refractivity contribution >= 4 is 28.3 Å². The molecule has 0 radical (unpaired) electrons. The van der Waals surface area contributed by atoms with Crippen LogP contribution in [0.2, 0.25) is 0 Å². The number of rotatable bonds is 5. The van der Waals surface area contributed by atoms with Crippen molar-refractivity contribution in [1.82, 2.24) is 9.62 Å². The van der Waals surface area contributed by atoms with Gasteiger partial charge in [-0.3, -0.25) is 4.79 Å². The molecular formula is C16H26ClN3O3S. The molecule has 6 nitrogen and oxygen atoms in total. The van der Waals surface area contributed by atoms with Gasteiger partial charge >= 0.3 is 0 Å². The third kappa shape index (κ3) is 4.92. The quantitative estimate of drug-likeness (QED) is 0.810. The summed E-state index contributed by atoms with van der Waals surface area (Å²) in [5.41, 5.74) is 6.52. The molecule has 0 saturated carbocycles. The minimum Gasteiger partial charge on any atom is -0.352 e. The number of carbonyl (C=O) groups excluding carboxylic acids is 1. The second kappa shape index (κ2) is 8.80. The Morgan fingerprint density at radius 2 is 1.83 bits per heavy atom. The first kappa shape index (κ1) is 20.9. The van der Waals surface area contributed by atoms with Crippen LogP contribution in [0.1, 0.15) is 25.3 Å². The standard InChI is InChI=1S/C16H25N3O3S.ClH/c1-12-3-5-15(6-4-12)23(21,22)19-9-7-14(8-10-19)16(20)18-13(2)11-17;/h3-6,13-14H,7-11,17H2,1-2H3,(H,18,20);1H/t13-;/m0./s1. The fourth-order valence-electron chi connectivity index (χ4n) is 2.64. The molecule has 0 spiro atoms. The van der Waals surface area contributed by atoms with E-state index in [1.54, 1.807) is 24.3 Å². The summed E-state index contributed by atoms with van der Waals surface area (Å²) in [4.78, 5) is 12.4. The molecule has 2 rings (SSSR count). The Balaban J connectivity index is 0.00000288. The van der Waals surface area contributed by atoms with E-state index in [4.69, 9.17) is 5.73 Å². The average Bonchev–Trinajstić information content (AvgIpc) is 2.55. The van der Waals surface area contributed by atoms with Crippen molar-refractivity contribution in [2.75, 3.05) is 19.6 Å². The van der Waals surface area contributed by atoms with Gasteiger partial charge in [0.25, 0.3) is 0 Å². The van der Waals surface area contributed by atoms with E-state index in [0.29, 0.717) is 37.4 Å².